The van der Waals surface area contributed by atoms with E-state index in [-0.39, 0.29) is 5.91 Å². The molecule has 2 aromatic carbocycles. The fraction of sp³-hybridized carbons (Fsp3) is 0.217. The van der Waals surface area contributed by atoms with Gasteiger partial charge in [-0.05, 0) is 48.6 Å². The van der Waals surface area contributed by atoms with E-state index in [9.17, 15) is 4.79 Å². The molecule has 0 saturated carbocycles. The van der Waals surface area contributed by atoms with Crippen molar-refractivity contribution in [3.8, 4) is 0 Å². The minimum absolute atomic E-state index is 0.158. The number of benzene rings is 2. The van der Waals surface area contributed by atoms with Crippen LogP contribution in [-0.2, 0) is 13.0 Å². The summed E-state index contributed by atoms with van der Waals surface area (Å²) in [5.74, 6) is -0.158. The Hall–Kier alpha value is -3.14. The first-order chi connectivity index (χ1) is 13.2. The number of carbonyl (C=O) groups is 1. The van der Waals surface area contributed by atoms with Gasteiger partial charge in [0.25, 0.3) is 5.91 Å². The molecule has 3 rings (SSSR count). The lowest BCUT2D eigenvalue weighted by Crippen LogP contribution is -2.24. The van der Waals surface area contributed by atoms with Gasteiger partial charge in [0.15, 0.2) is 0 Å². The minimum atomic E-state index is -0.158. The number of aromatic nitrogens is 1. The van der Waals surface area contributed by atoms with Gasteiger partial charge in [-0.2, -0.15) is 0 Å². The molecule has 27 heavy (non-hydrogen) atoms. The van der Waals surface area contributed by atoms with Crippen LogP contribution in [0.4, 0.5) is 5.69 Å². The number of pyridine rings is 1. The number of amides is 1. The Morgan fingerprint density at radius 1 is 0.963 bits per heavy atom. The molecule has 0 atom stereocenters. The van der Waals surface area contributed by atoms with E-state index in [2.05, 4.69) is 39.9 Å². The third-order valence-electron chi connectivity index (χ3n) is 4.51. The van der Waals surface area contributed by atoms with Crippen LogP contribution in [0.15, 0.2) is 72.9 Å². The summed E-state index contributed by atoms with van der Waals surface area (Å²) in [5.41, 5.74) is 4.98. The molecule has 0 unspecified atom stereocenters. The van der Waals surface area contributed by atoms with E-state index in [0.29, 0.717) is 12.2 Å². The molecule has 1 aromatic heterocycles. The molecule has 2 N–H and O–H groups in total. The standard InChI is InChI=1S/C23H25N3O/c1-18-8-5-6-12-20(18)16-26-23(27)22-14-13-21(17-25-22)24-15-7-11-19-9-3-2-4-10-19/h2-6,8-10,12-14,17,24H,7,11,15-16H2,1H3,(H,26,27). The molecule has 3 aromatic rings. The van der Waals surface area contributed by atoms with Crippen molar-refractivity contribution in [3.05, 3.63) is 95.3 Å². The van der Waals surface area contributed by atoms with Gasteiger partial charge in [0.1, 0.15) is 5.69 Å². The maximum atomic E-state index is 12.3. The van der Waals surface area contributed by atoms with Crippen LogP contribution in [-0.4, -0.2) is 17.4 Å². The number of hydrogen-bond acceptors (Lipinski definition) is 3. The third-order valence-corrected chi connectivity index (χ3v) is 4.51. The summed E-state index contributed by atoms with van der Waals surface area (Å²) in [6, 6.07) is 22.1. The lowest BCUT2D eigenvalue weighted by Gasteiger charge is -2.09. The number of nitrogens with one attached hydrogen (secondary N) is 2. The highest BCUT2D eigenvalue weighted by Crippen LogP contribution is 2.09. The SMILES string of the molecule is Cc1ccccc1CNC(=O)c1ccc(NCCCc2ccccc2)cn1. The molecule has 0 aliphatic carbocycles. The molecule has 0 spiro atoms. The summed E-state index contributed by atoms with van der Waals surface area (Å²) in [4.78, 5) is 16.5. The average Bonchev–Trinajstić information content (AvgIpc) is 2.72. The van der Waals surface area contributed by atoms with Crippen LogP contribution in [0.5, 0.6) is 0 Å². The zero-order valence-electron chi connectivity index (χ0n) is 15.6. The fourth-order valence-corrected chi connectivity index (χ4v) is 2.88. The van der Waals surface area contributed by atoms with E-state index >= 15 is 0 Å². The van der Waals surface area contributed by atoms with Gasteiger partial charge in [0.2, 0.25) is 0 Å². The minimum Gasteiger partial charge on any atom is -0.384 e. The zero-order chi connectivity index (χ0) is 18.9. The van der Waals surface area contributed by atoms with E-state index in [4.69, 9.17) is 0 Å². The predicted molar refractivity (Wildman–Crippen MR) is 110 cm³/mol. The quantitative estimate of drug-likeness (QED) is 0.588. The van der Waals surface area contributed by atoms with Crippen LogP contribution in [0.25, 0.3) is 0 Å². The van der Waals surface area contributed by atoms with Gasteiger partial charge in [-0.1, -0.05) is 54.6 Å². The summed E-state index contributed by atoms with van der Waals surface area (Å²) in [6.07, 6.45) is 3.80. The Balaban J connectivity index is 1.43. The van der Waals surface area contributed by atoms with E-state index in [1.54, 1.807) is 12.3 Å². The van der Waals surface area contributed by atoms with Gasteiger partial charge in [-0.25, -0.2) is 4.98 Å². The van der Waals surface area contributed by atoms with E-state index < -0.39 is 0 Å². The zero-order valence-corrected chi connectivity index (χ0v) is 15.6. The number of rotatable bonds is 8. The summed E-state index contributed by atoms with van der Waals surface area (Å²) in [5, 5.41) is 6.28. The first-order valence-electron chi connectivity index (χ1n) is 9.29. The molecule has 0 aliphatic rings. The van der Waals surface area contributed by atoms with Crippen molar-refractivity contribution in [2.24, 2.45) is 0 Å². The number of aryl methyl sites for hydroxylation is 2. The first-order valence-corrected chi connectivity index (χ1v) is 9.29. The Morgan fingerprint density at radius 3 is 2.48 bits per heavy atom. The second-order valence-electron chi connectivity index (χ2n) is 6.56. The molecule has 0 aliphatic heterocycles. The van der Waals surface area contributed by atoms with Crippen LogP contribution >= 0.6 is 0 Å². The highest BCUT2D eigenvalue weighted by atomic mass is 16.1. The van der Waals surface area contributed by atoms with E-state index in [0.717, 1.165) is 30.6 Å². The number of hydrogen-bond donors (Lipinski definition) is 2. The van der Waals surface area contributed by atoms with Gasteiger partial charge < -0.3 is 10.6 Å². The van der Waals surface area contributed by atoms with Crippen molar-refractivity contribution in [2.45, 2.75) is 26.3 Å². The van der Waals surface area contributed by atoms with Crippen molar-refractivity contribution in [2.75, 3.05) is 11.9 Å². The van der Waals surface area contributed by atoms with Crippen molar-refractivity contribution in [3.63, 3.8) is 0 Å². The molecule has 4 nitrogen and oxygen atoms in total. The molecule has 1 heterocycles. The molecular formula is C23H25N3O. The molecular weight excluding hydrogens is 334 g/mol. The average molecular weight is 359 g/mol. The monoisotopic (exact) mass is 359 g/mol. The maximum absolute atomic E-state index is 12.3. The van der Waals surface area contributed by atoms with Crippen molar-refractivity contribution >= 4 is 11.6 Å². The summed E-state index contributed by atoms with van der Waals surface area (Å²) < 4.78 is 0. The van der Waals surface area contributed by atoms with Crippen molar-refractivity contribution in [1.29, 1.82) is 0 Å². The van der Waals surface area contributed by atoms with Crippen LogP contribution in [0.1, 0.15) is 33.6 Å². The second-order valence-corrected chi connectivity index (χ2v) is 6.56. The molecule has 0 saturated heterocycles. The number of anilines is 1. The van der Waals surface area contributed by atoms with Crippen LogP contribution in [0.2, 0.25) is 0 Å². The first kappa shape index (κ1) is 18.6. The Bertz CT molecular complexity index is 860. The number of nitrogens with zero attached hydrogens (tertiary/aromatic N) is 1. The molecule has 0 radical (unpaired) electrons. The molecule has 0 fully saturated rings. The Kier molecular flexibility index (Phi) is 6.58. The lowest BCUT2D eigenvalue weighted by molar-refractivity contribution is 0.0946. The lowest BCUT2D eigenvalue weighted by atomic mass is 10.1. The molecule has 0 bridgehead atoms. The van der Waals surface area contributed by atoms with Crippen LogP contribution < -0.4 is 10.6 Å². The molecule has 4 heteroatoms. The highest BCUT2D eigenvalue weighted by Gasteiger charge is 2.07. The molecule has 1 amide bonds. The van der Waals surface area contributed by atoms with Crippen LogP contribution in [0, 0.1) is 6.92 Å². The normalized spacial score (nSPS) is 10.4. The smallest absolute Gasteiger partial charge is 0.270 e. The summed E-state index contributed by atoms with van der Waals surface area (Å²) >= 11 is 0. The third kappa shape index (κ3) is 5.68. The summed E-state index contributed by atoms with van der Waals surface area (Å²) in [7, 11) is 0. The molecule has 138 valence electrons. The van der Waals surface area contributed by atoms with Gasteiger partial charge >= 0.3 is 0 Å². The van der Waals surface area contributed by atoms with E-state index in [1.165, 1.54) is 11.1 Å². The fourth-order valence-electron chi connectivity index (χ4n) is 2.88. The highest BCUT2D eigenvalue weighted by molar-refractivity contribution is 5.92. The summed E-state index contributed by atoms with van der Waals surface area (Å²) in [6.45, 7) is 3.42. The van der Waals surface area contributed by atoms with E-state index in [1.807, 2.05) is 43.3 Å². The van der Waals surface area contributed by atoms with Crippen molar-refractivity contribution < 1.29 is 4.79 Å². The van der Waals surface area contributed by atoms with Gasteiger partial charge in [0.05, 0.1) is 11.9 Å². The second kappa shape index (κ2) is 9.53. The van der Waals surface area contributed by atoms with Gasteiger partial charge in [-0.3, -0.25) is 4.79 Å². The Morgan fingerprint density at radius 2 is 1.74 bits per heavy atom. The van der Waals surface area contributed by atoms with Gasteiger partial charge in [-0.15, -0.1) is 0 Å². The van der Waals surface area contributed by atoms with Gasteiger partial charge in [0, 0.05) is 13.1 Å². The maximum Gasteiger partial charge on any atom is 0.270 e. The predicted octanol–water partition coefficient (Wildman–Crippen LogP) is 4.36. The largest absolute Gasteiger partial charge is 0.384 e. The topological polar surface area (TPSA) is 54.0 Å². The van der Waals surface area contributed by atoms with Crippen LogP contribution in [0.3, 0.4) is 0 Å². The number of carbonyl (C=O) groups excluding carboxylic acids is 1. The Labute approximate surface area is 160 Å². The van der Waals surface area contributed by atoms with Crippen molar-refractivity contribution in [1.82, 2.24) is 10.3 Å².